The molecule has 1 heterocycles. The molecule has 0 aliphatic heterocycles. The van der Waals surface area contributed by atoms with Crippen molar-refractivity contribution in [3.8, 4) is 0 Å². The molecule has 2 atom stereocenters. The first-order chi connectivity index (χ1) is 5.81. The molecule has 0 amide bonds. The number of hydrogen-bond donors (Lipinski definition) is 0. The fourth-order valence-corrected chi connectivity index (χ4v) is 1.82. The van der Waals surface area contributed by atoms with Gasteiger partial charge in [-0.3, -0.25) is 4.98 Å². The minimum Gasteiger partial charge on any atom is -0.261 e. The predicted octanol–water partition coefficient (Wildman–Crippen LogP) is 2.73. The standard InChI is InChI=1S/C10H12ClN/c1-7-2-3-10(12-6-7)9-4-8(9)5-11/h2-3,6,8-9H,4-5H2,1H3. The van der Waals surface area contributed by atoms with Crippen LogP contribution in [0.4, 0.5) is 0 Å². The van der Waals surface area contributed by atoms with Gasteiger partial charge in [0, 0.05) is 23.7 Å². The number of aryl methyl sites for hydroxylation is 1. The van der Waals surface area contributed by atoms with E-state index in [1.807, 2.05) is 6.20 Å². The van der Waals surface area contributed by atoms with E-state index in [0.717, 1.165) is 5.88 Å². The Hall–Kier alpha value is -0.560. The van der Waals surface area contributed by atoms with Gasteiger partial charge < -0.3 is 0 Å². The molecule has 12 heavy (non-hydrogen) atoms. The second-order valence-electron chi connectivity index (χ2n) is 3.52. The molecular weight excluding hydrogens is 170 g/mol. The molecule has 2 unspecified atom stereocenters. The smallest absolute Gasteiger partial charge is 0.0438 e. The summed E-state index contributed by atoms with van der Waals surface area (Å²) in [7, 11) is 0. The van der Waals surface area contributed by atoms with Crippen molar-refractivity contribution in [2.45, 2.75) is 19.3 Å². The average molecular weight is 182 g/mol. The Morgan fingerprint density at radius 2 is 2.42 bits per heavy atom. The van der Waals surface area contributed by atoms with Crippen LogP contribution in [0.5, 0.6) is 0 Å². The predicted molar refractivity (Wildman–Crippen MR) is 50.5 cm³/mol. The zero-order chi connectivity index (χ0) is 8.55. The number of nitrogens with zero attached hydrogens (tertiary/aromatic N) is 1. The highest BCUT2D eigenvalue weighted by Crippen LogP contribution is 2.47. The topological polar surface area (TPSA) is 12.9 Å². The Bertz CT molecular complexity index is 268. The molecule has 1 aliphatic rings. The summed E-state index contributed by atoms with van der Waals surface area (Å²) in [5.41, 5.74) is 2.44. The van der Waals surface area contributed by atoms with E-state index in [1.54, 1.807) is 0 Å². The summed E-state index contributed by atoms with van der Waals surface area (Å²) in [6.07, 6.45) is 3.15. The van der Waals surface area contributed by atoms with Gasteiger partial charge in [0.05, 0.1) is 0 Å². The molecule has 0 aromatic carbocycles. The SMILES string of the molecule is Cc1ccc(C2CC2CCl)nc1. The molecule has 1 aliphatic carbocycles. The third-order valence-electron chi connectivity index (χ3n) is 2.43. The van der Waals surface area contributed by atoms with Crippen molar-refractivity contribution in [1.82, 2.24) is 4.98 Å². The number of hydrogen-bond acceptors (Lipinski definition) is 1. The summed E-state index contributed by atoms with van der Waals surface area (Å²) in [6, 6.07) is 4.23. The van der Waals surface area contributed by atoms with Crippen LogP contribution in [0.2, 0.25) is 0 Å². The van der Waals surface area contributed by atoms with Gasteiger partial charge in [0.2, 0.25) is 0 Å². The molecule has 0 radical (unpaired) electrons. The van der Waals surface area contributed by atoms with Crippen LogP contribution in [0.25, 0.3) is 0 Å². The lowest BCUT2D eigenvalue weighted by molar-refractivity contribution is 0.890. The van der Waals surface area contributed by atoms with E-state index in [9.17, 15) is 0 Å². The zero-order valence-electron chi connectivity index (χ0n) is 7.13. The van der Waals surface area contributed by atoms with Crippen LogP contribution < -0.4 is 0 Å². The zero-order valence-corrected chi connectivity index (χ0v) is 7.88. The van der Waals surface area contributed by atoms with E-state index in [1.165, 1.54) is 17.7 Å². The summed E-state index contributed by atoms with van der Waals surface area (Å²) in [5, 5.41) is 0. The second kappa shape index (κ2) is 3.06. The van der Waals surface area contributed by atoms with E-state index in [4.69, 9.17) is 11.6 Å². The minimum atomic E-state index is 0.642. The van der Waals surface area contributed by atoms with Crippen LogP contribution in [0, 0.1) is 12.8 Å². The highest BCUT2D eigenvalue weighted by molar-refractivity contribution is 6.18. The van der Waals surface area contributed by atoms with Gasteiger partial charge in [0.15, 0.2) is 0 Å². The highest BCUT2D eigenvalue weighted by Gasteiger charge is 2.38. The van der Waals surface area contributed by atoms with Gasteiger partial charge in [0.1, 0.15) is 0 Å². The number of rotatable bonds is 2. The van der Waals surface area contributed by atoms with E-state index >= 15 is 0 Å². The van der Waals surface area contributed by atoms with Crippen molar-refractivity contribution in [1.29, 1.82) is 0 Å². The molecule has 64 valence electrons. The van der Waals surface area contributed by atoms with Crippen LogP contribution in [0.1, 0.15) is 23.6 Å². The molecule has 1 saturated carbocycles. The summed E-state index contributed by atoms with van der Waals surface area (Å²) < 4.78 is 0. The van der Waals surface area contributed by atoms with Gasteiger partial charge in [0.25, 0.3) is 0 Å². The normalized spacial score (nSPS) is 27.2. The number of pyridine rings is 1. The fraction of sp³-hybridized carbons (Fsp3) is 0.500. The lowest BCUT2D eigenvalue weighted by Crippen LogP contribution is -1.89. The van der Waals surface area contributed by atoms with Crippen molar-refractivity contribution in [3.05, 3.63) is 29.6 Å². The molecule has 1 fully saturated rings. The molecule has 0 bridgehead atoms. The Labute approximate surface area is 77.8 Å². The summed E-state index contributed by atoms with van der Waals surface area (Å²) in [6.45, 7) is 2.06. The maximum Gasteiger partial charge on any atom is 0.0438 e. The Morgan fingerprint density at radius 3 is 2.92 bits per heavy atom. The van der Waals surface area contributed by atoms with Gasteiger partial charge in [-0.05, 0) is 30.9 Å². The molecule has 1 nitrogen and oxygen atoms in total. The Morgan fingerprint density at radius 1 is 1.58 bits per heavy atom. The van der Waals surface area contributed by atoms with Crippen LogP contribution in [-0.2, 0) is 0 Å². The fourth-order valence-electron chi connectivity index (χ4n) is 1.48. The summed E-state index contributed by atoms with van der Waals surface area (Å²) in [5.74, 6) is 2.10. The number of alkyl halides is 1. The molecule has 0 spiro atoms. The molecule has 0 N–H and O–H groups in total. The number of aromatic nitrogens is 1. The highest BCUT2D eigenvalue weighted by atomic mass is 35.5. The van der Waals surface area contributed by atoms with Crippen LogP contribution in [-0.4, -0.2) is 10.9 Å². The molecule has 2 rings (SSSR count). The van der Waals surface area contributed by atoms with Crippen molar-refractivity contribution in [2.24, 2.45) is 5.92 Å². The van der Waals surface area contributed by atoms with Gasteiger partial charge in [-0.2, -0.15) is 0 Å². The minimum absolute atomic E-state index is 0.642. The van der Waals surface area contributed by atoms with Crippen LogP contribution >= 0.6 is 11.6 Å². The third kappa shape index (κ3) is 1.46. The van der Waals surface area contributed by atoms with Crippen molar-refractivity contribution < 1.29 is 0 Å². The van der Waals surface area contributed by atoms with Crippen LogP contribution in [0.15, 0.2) is 18.3 Å². The Kier molecular flexibility index (Phi) is 2.05. The first-order valence-electron chi connectivity index (χ1n) is 4.30. The number of halogens is 1. The van der Waals surface area contributed by atoms with E-state index in [2.05, 4.69) is 24.0 Å². The summed E-state index contributed by atoms with van der Waals surface area (Å²) in [4.78, 5) is 4.38. The first kappa shape index (κ1) is 8.06. The van der Waals surface area contributed by atoms with Crippen LogP contribution in [0.3, 0.4) is 0 Å². The maximum absolute atomic E-state index is 5.75. The maximum atomic E-state index is 5.75. The van der Waals surface area contributed by atoms with Gasteiger partial charge >= 0.3 is 0 Å². The molecular formula is C10H12ClN. The van der Waals surface area contributed by atoms with Gasteiger partial charge in [-0.25, -0.2) is 0 Å². The molecule has 2 heteroatoms. The molecule has 1 aromatic rings. The monoisotopic (exact) mass is 181 g/mol. The average Bonchev–Trinajstić information content (AvgIpc) is 2.85. The lowest BCUT2D eigenvalue weighted by Gasteiger charge is -1.97. The largest absolute Gasteiger partial charge is 0.261 e. The second-order valence-corrected chi connectivity index (χ2v) is 3.83. The molecule has 1 aromatic heterocycles. The van der Waals surface area contributed by atoms with E-state index in [0.29, 0.717) is 11.8 Å². The van der Waals surface area contributed by atoms with Crippen molar-refractivity contribution >= 4 is 11.6 Å². The first-order valence-corrected chi connectivity index (χ1v) is 4.83. The van der Waals surface area contributed by atoms with Gasteiger partial charge in [-0.15, -0.1) is 11.6 Å². The van der Waals surface area contributed by atoms with Gasteiger partial charge in [-0.1, -0.05) is 6.07 Å². The third-order valence-corrected chi connectivity index (χ3v) is 2.83. The molecule has 0 saturated heterocycles. The van der Waals surface area contributed by atoms with E-state index in [-0.39, 0.29) is 0 Å². The lowest BCUT2D eigenvalue weighted by atomic mass is 10.2. The Balaban J connectivity index is 2.10. The van der Waals surface area contributed by atoms with E-state index < -0.39 is 0 Å². The quantitative estimate of drug-likeness (QED) is 0.640. The van der Waals surface area contributed by atoms with Crippen molar-refractivity contribution in [2.75, 3.05) is 5.88 Å². The summed E-state index contributed by atoms with van der Waals surface area (Å²) >= 11 is 5.75. The van der Waals surface area contributed by atoms with Crippen molar-refractivity contribution in [3.63, 3.8) is 0 Å².